The molecule has 6 heteroatoms. The summed E-state index contributed by atoms with van der Waals surface area (Å²) < 4.78 is 5.47. The number of hydrogen-bond acceptors (Lipinski definition) is 6. The number of fused-ring (bicyclic) bond motifs is 1. The SMILES string of the molecule is CCCc1ccc2nc(NCCN)nc(N3CCOCC3)c2c1. The van der Waals surface area contributed by atoms with Crippen LogP contribution < -0.4 is 16.0 Å². The third-order valence-electron chi connectivity index (χ3n) is 4.02. The fraction of sp³-hybridized carbons (Fsp3) is 0.529. The molecule has 0 aliphatic carbocycles. The van der Waals surface area contributed by atoms with Crippen molar-refractivity contribution in [3.63, 3.8) is 0 Å². The molecule has 0 saturated carbocycles. The van der Waals surface area contributed by atoms with Gasteiger partial charge in [-0.3, -0.25) is 0 Å². The molecule has 0 spiro atoms. The molecule has 0 bridgehead atoms. The van der Waals surface area contributed by atoms with E-state index in [0.29, 0.717) is 19.0 Å². The van der Waals surface area contributed by atoms with Crippen LogP contribution >= 0.6 is 0 Å². The van der Waals surface area contributed by atoms with Gasteiger partial charge in [-0.15, -0.1) is 0 Å². The van der Waals surface area contributed by atoms with Crippen LogP contribution in [-0.2, 0) is 11.2 Å². The van der Waals surface area contributed by atoms with E-state index in [0.717, 1.165) is 55.9 Å². The Morgan fingerprint density at radius 3 is 2.83 bits per heavy atom. The highest BCUT2D eigenvalue weighted by molar-refractivity contribution is 5.91. The molecule has 3 N–H and O–H groups in total. The first-order valence-electron chi connectivity index (χ1n) is 8.39. The molecule has 6 nitrogen and oxygen atoms in total. The quantitative estimate of drug-likeness (QED) is 0.846. The number of rotatable bonds is 6. The molecule has 2 aromatic rings. The van der Waals surface area contributed by atoms with Crippen molar-refractivity contribution in [1.29, 1.82) is 0 Å². The molecule has 124 valence electrons. The first-order chi connectivity index (χ1) is 11.3. The molecule has 23 heavy (non-hydrogen) atoms. The van der Waals surface area contributed by atoms with Gasteiger partial charge in [0.1, 0.15) is 5.82 Å². The molecule has 2 heterocycles. The minimum atomic E-state index is 0.559. The van der Waals surface area contributed by atoms with Crippen LogP contribution in [0.5, 0.6) is 0 Å². The summed E-state index contributed by atoms with van der Waals surface area (Å²) in [6.07, 6.45) is 2.21. The van der Waals surface area contributed by atoms with Crippen molar-refractivity contribution in [2.24, 2.45) is 5.73 Å². The molecule has 1 saturated heterocycles. The van der Waals surface area contributed by atoms with Crippen molar-refractivity contribution >= 4 is 22.7 Å². The summed E-state index contributed by atoms with van der Waals surface area (Å²) in [4.78, 5) is 11.7. The van der Waals surface area contributed by atoms with Crippen LogP contribution in [0.2, 0.25) is 0 Å². The predicted molar refractivity (Wildman–Crippen MR) is 94.1 cm³/mol. The number of nitrogens with zero attached hydrogens (tertiary/aromatic N) is 3. The van der Waals surface area contributed by atoms with E-state index in [-0.39, 0.29) is 0 Å². The molecule has 1 aromatic carbocycles. The van der Waals surface area contributed by atoms with Crippen LogP contribution in [0.3, 0.4) is 0 Å². The molecule has 0 amide bonds. The molecule has 1 fully saturated rings. The maximum atomic E-state index is 5.58. The summed E-state index contributed by atoms with van der Waals surface area (Å²) in [5.41, 5.74) is 7.89. The molecule has 1 aromatic heterocycles. The van der Waals surface area contributed by atoms with Gasteiger partial charge in [-0.25, -0.2) is 4.98 Å². The largest absolute Gasteiger partial charge is 0.378 e. The molecule has 1 aliphatic rings. The lowest BCUT2D eigenvalue weighted by Crippen LogP contribution is -2.37. The number of hydrogen-bond donors (Lipinski definition) is 2. The van der Waals surface area contributed by atoms with Crippen LogP contribution in [-0.4, -0.2) is 49.4 Å². The monoisotopic (exact) mass is 315 g/mol. The minimum Gasteiger partial charge on any atom is -0.378 e. The van der Waals surface area contributed by atoms with Gasteiger partial charge in [0.15, 0.2) is 0 Å². The molecule has 0 unspecified atom stereocenters. The maximum Gasteiger partial charge on any atom is 0.225 e. The van der Waals surface area contributed by atoms with Gasteiger partial charge in [-0.2, -0.15) is 4.98 Å². The summed E-state index contributed by atoms with van der Waals surface area (Å²) in [6.45, 7) is 6.63. The fourth-order valence-corrected chi connectivity index (χ4v) is 2.88. The van der Waals surface area contributed by atoms with Crippen LogP contribution in [0.25, 0.3) is 10.9 Å². The Kier molecular flexibility index (Phi) is 5.25. The number of aromatic nitrogens is 2. The number of benzene rings is 1. The Labute approximate surface area is 137 Å². The molecule has 0 radical (unpaired) electrons. The predicted octanol–water partition coefficient (Wildman–Crippen LogP) is 1.79. The summed E-state index contributed by atoms with van der Waals surface area (Å²) in [5, 5.41) is 4.32. The Hall–Kier alpha value is -1.92. The first kappa shape index (κ1) is 16.0. The maximum absolute atomic E-state index is 5.58. The smallest absolute Gasteiger partial charge is 0.225 e. The Morgan fingerprint density at radius 2 is 2.09 bits per heavy atom. The van der Waals surface area contributed by atoms with Crippen LogP contribution in [0.1, 0.15) is 18.9 Å². The topological polar surface area (TPSA) is 76.3 Å². The van der Waals surface area contributed by atoms with E-state index in [1.54, 1.807) is 0 Å². The normalized spacial score (nSPS) is 15.1. The van der Waals surface area contributed by atoms with Crippen molar-refractivity contribution < 1.29 is 4.74 Å². The van der Waals surface area contributed by atoms with Gasteiger partial charge >= 0.3 is 0 Å². The summed E-state index contributed by atoms with van der Waals surface area (Å²) in [7, 11) is 0. The summed E-state index contributed by atoms with van der Waals surface area (Å²) in [5.74, 6) is 1.64. The highest BCUT2D eigenvalue weighted by Crippen LogP contribution is 2.27. The Bertz CT molecular complexity index is 655. The van der Waals surface area contributed by atoms with Gasteiger partial charge in [0, 0.05) is 31.6 Å². The zero-order chi connectivity index (χ0) is 16.1. The summed E-state index contributed by atoms with van der Waals surface area (Å²) in [6, 6.07) is 6.49. The highest BCUT2D eigenvalue weighted by atomic mass is 16.5. The minimum absolute atomic E-state index is 0.559. The van der Waals surface area contributed by atoms with E-state index in [1.165, 1.54) is 5.56 Å². The first-order valence-corrected chi connectivity index (χ1v) is 8.39. The summed E-state index contributed by atoms with van der Waals surface area (Å²) >= 11 is 0. The zero-order valence-corrected chi connectivity index (χ0v) is 13.7. The average Bonchev–Trinajstić information content (AvgIpc) is 2.60. The van der Waals surface area contributed by atoms with Crippen molar-refractivity contribution in [3.8, 4) is 0 Å². The second-order valence-corrected chi connectivity index (χ2v) is 5.79. The van der Waals surface area contributed by atoms with Crippen molar-refractivity contribution in [2.75, 3.05) is 49.6 Å². The van der Waals surface area contributed by atoms with Crippen LogP contribution in [0.4, 0.5) is 11.8 Å². The van der Waals surface area contributed by atoms with E-state index in [4.69, 9.17) is 15.5 Å². The zero-order valence-electron chi connectivity index (χ0n) is 13.7. The second-order valence-electron chi connectivity index (χ2n) is 5.79. The lowest BCUT2D eigenvalue weighted by molar-refractivity contribution is 0.122. The van der Waals surface area contributed by atoms with Gasteiger partial charge < -0.3 is 20.7 Å². The van der Waals surface area contributed by atoms with E-state index in [9.17, 15) is 0 Å². The van der Waals surface area contributed by atoms with Crippen LogP contribution in [0.15, 0.2) is 18.2 Å². The molecule has 0 atom stereocenters. The standard InChI is InChI=1S/C17H25N5O/c1-2-3-13-4-5-15-14(12-13)16(22-8-10-23-11-9-22)21-17(20-15)19-7-6-18/h4-5,12H,2-3,6-11,18H2,1H3,(H,19,20,21). The number of ether oxygens (including phenoxy) is 1. The van der Waals surface area contributed by atoms with Gasteiger partial charge in [0.2, 0.25) is 5.95 Å². The third-order valence-corrected chi connectivity index (χ3v) is 4.02. The van der Waals surface area contributed by atoms with E-state index in [1.807, 2.05) is 0 Å². The van der Waals surface area contributed by atoms with Crippen LogP contribution in [0, 0.1) is 0 Å². The van der Waals surface area contributed by atoms with Gasteiger partial charge in [0.25, 0.3) is 0 Å². The van der Waals surface area contributed by atoms with Gasteiger partial charge in [-0.05, 0) is 24.1 Å². The van der Waals surface area contributed by atoms with Crippen molar-refractivity contribution in [3.05, 3.63) is 23.8 Å². The lowest BCUT2D eigenvalue weighted by Gasteiger charge is -2.29. The number of aryl methyl sites for hydroxylation is 1. The molecule has 1 aliphatic heterocycles. The van der Waals surface area contributed by atoms with E-state index >= 15 is 0 Å². The Balaban J connectivity index is 2.04. The number of nitrogens with one attached hydrogen (secondary N) is 1. The van der Waals surface area contributed by atoms with E-state index in [2.05, 4.69) is 40.3 Å². The highest BCUT2D eigenvalue weighted by Gasteiger charge is 2.17. The third kappa shape index (κ3) is 3.71. The number of morpholine rings is 1. The molecular weight excluding hydrogens is 290 g/mol. The second kappa shape index (κ2) is 7.57. The van der Waals surface area contributed by atoms with Gasteiger partial charge in [-0.1, -0.05) is 19.4 Å². The number of anilines is 2. The molecular formula is C17H25N5O. The Morgan fingerprint density at radius 1 is 1.26 bits per heavy atom. The lowest BCUT2D eigenvalue weighted by atomic mass is 10.1. The van der Waals surface area contributed by atoms with E-state index < -0.39 is 0 Å². The van der Waals surface area contributed by atoms with Crippen molar-refractivity contribution in [1.82, 2.24) is 9.97 Å². The molecule has 3 rings (SSSR count). The van der Waals surface area contributed by atoms with Gasteiger partial charge in [0.05, 0.1) is 18.7 Å². The number of nitrogens with two attached hydrogens (primary N) is 1. The fourth-order valence-electron chi connectivity index (χ4n) is 2.88. The average molecular weight is 315 g/mol. The van der Waals surface area contributed by atoms with Crippen molar-refractivity contribution in [2.45, 2.75) is 19.8 Å².